The van der Waals surface area contributed by atoms with Gasteiger partial charge in [-0.25, -0.2) is 4.21 Å². The van der Waals surface area contributed by atoms with Gasteiger partial charge in [-0.15, -0.1) is 0 Å². The molecule has 0 aromatic rings. The molecule has 1 unspecified atom stereocenters. The van der Waals surface area contributed by atoms with Crippen LogP contribution in [0.15, 0.2) is 0 Å². The maximum absolute atomic E-state index is 10.8. The van der Waals surface area contributed by atoms with Crippen LogP contribution in [-0.2, 0) is 15.4 Å². The first-order chi connectivity index (χ1) is 4.22. The summed E-state index contributed by atoms with van der Waals surface area (Å²) in [5, 5.41) is 0. The maximum Gasteiger partial charge on any atom is 0.237 e. The van der Waals surface area contributed by atoms with Crippen LogP contribution in [0, 0.1) is 0 Å². The molecule has 1 aliphatic rings. The smallest absolute Gasteiger partial charge is 0.237 e. The first-order valence-electron chi connectivity index (χ1n) is 3.03. The normalized spacial score (nSPS) is 29.9. The van der Waals surface area contributed by atoms with Crippen molar-refractivity contribution >= 4 is 11.3 Å². The summed E-state index contributed by atoms with van der Waals surface area (Å²) in [5.74, 6) is 0. The Labute approximate surface area is 57.8 Å². The van der Waals surface area contributed by atoms with Crippen molar-refractivity contribution in [2.75, 3.05) is 13.2 Å². The van der Waals surface area contributed by atoms with Crippen LogP contribution in [0.3, 0.4) is 0 Å². The van der Waals surface area contributed by atoms with Crippen LogP contribution in [0.1, 0.15) is 13.8 Å². The minimum absolute atomic E-state index is 0.327. The van der Waals surface area contributed by atoms with Crippen LogP contribution < -0.4 is 0 Å². The Hall–Kier alpha value is 0.0700. The van der Waals surface area contributed by atoms with E-state index in [1.54, 1.807) is 0 Å². The third-order valence-corrected chi connectivity index (χ3v) is 2.62. The van der Waals surface area contributed by atoms with Gasteiger partial charge in [0.25, 0.3) is 0 Å². The van der Waals surface area contributed by atoms with Gasteiger partial charge in [0.2, 0.25) is 11.3 Å². The fourth-order valence-electron chi connectivity index (χ4n) is 0.771. The van der Waals surface area contributed by atoms with Crippen molar-refractivity contribution in [3.05, 3.63) is 0 Å². The third-order valence-electron chi connectivity index (χ3n) is 1.26. The summed E-state index contributed by atoms with van der Waals surface area (Å²) in [7, 11) is 0. The molecule has 1 heterocycles. The van der Waals surface area contributed by atoms with Gasteiger partial charge < -0.3 is 0 Å². The van der Waals surface area contributed by atoms with E-state index in [4.69, 9.17) is 4.18 Å². The lowest BCUT2D eigenvalue weighted by Gasteiger charge is -2.14. The summed E-state index contributed by atoms with van der Waals surface area (Å²) in [6.45, 7) is 5.41. The molecule has 0 saturated carbocycles. The van der Waals surface area contributed by atoms with E-state index in [1.165, 1.54) is 0 Å². The van der Waals surface area contributed by atoms with Gasteiger partial charge in [0, 0.05) is 12.6 Å². The van der Waals surface area contributed by atoms with Crippen molar-refractivity contribution in [3.8, 4) is 0 Å². The van der Waals surface area contributed by atoms with Crippen molar-refractivity contribution < 1.29 is 8.39 Å². The maximum atomic E-state index is 10.8. The SMILES string of the molecule is CC(C)N1CCOS1=O. The second-order valence-corrected chi connectivity index (χ2v) is 3.41. The van der Waals surface area contributed by atoms with Crippen LogP contribution in [0.5, 0.6) is 0 Å². The monoisotopic (exact) mass is 149 g/mol. The molecule has 0 radical (unpaired) electrons. The lowest BCUT2D eigenvalue weighted by atomic mass is 10.4. The summed E-state index contributed by atoms with van der Waals surface area (Å²) < 4.78 is 17.5. The van der Waals surface area contributed by atoms with Gasteiger partial charge in [-0.05, 0) is 13.8 Å². The van der Waals surface area contributed by atoms with Gasteiger partial charge in [-0.3, -0.25) is 4.18 Å². The van der Waals surface area contributed by atoms with Gasteiger partial charge >= 0.3 is 0 Å². The molecule has 9 heavy (non-hydrogen) atoms. The van der Waals surface area contributed by atoms with Crippen molar-refractivity contribution in [1.29, 1.82) is 0 Å². The van der Waals surface area contributed by atoms with Crippen molar-refractivity contribution in [3.63, 3.8) is 0 Å². The predicted octanol–water partition coefficient (Wildman–Crippen LogP) is 0.306. The van der Waals surface area contributed by atoms with Gasteiger partial charge in [0.1, 0.15) is 0 Å². The van der Waals surface area contributed by atoms with Gasteiger partial charge in [0.05, 0.1) is 6.61 Å². The molecule has 1 fully saturated rings. The summed E-state index contributed by atoms with van der Waals surface area (Å²) in [4.78, 5) is 0. The van der Waals surface area contributed by atoms with E-state index >= 15 is 0 Å². The largest absolute Gasteiger partial charge is 0.277 e. The van der Waals surface area contributed by atoms with E-state index in [1.807, 2.05) is 18.2 Å². The fourth-order valence-corrected chi connectivity index (χ4v) is 1.69. The van der Waals surface area contributed by atoms with Crippen molar-refractivity contribution in [2.24, 2.45) is 0 Å². The molecule has 1 rings (SSSR count). The number of rotatable bonds is 1. The van der Waals surface area contributed by atoms with Crippen LogP contribution in [-0.4, -0.2) is 27.7 Å². The molecule has 0 amide bonds. The van der Waals surface area contributed by atoms with Crippen LogP contribution in [0.25, 0.3) is 0 Å². The summed E-state index contributed by atoms with van der Waals surface area (Å²) >= 11 is -1.16. The van der Waals surface area contributed by atoms with E-state index in [-0.39, 0.29) is 0 Å². The predicted molar refractivity (Wildman–Crippen MR) is 35.9 cm³/mol. The lowest BCUT2D eigenvalue weighted by molar-refractivity contribution is 0.377. The highest BCUT2D eigenvalue weighted by atomic mass is 32.2. The standard InChI is InChI=1S/C5H11NO2S/c1-5(2)6-3-4-8-9(6)7/h5H,3-4H2,1-2H3. The summed E-state index contributed by atoms with van der Waals surface area (Å²) in [5.41, 5.74) is 0. The Kier molecular flexibility index (Phi) is 2.21. The second-order valence-electron chi connectivity index (χ2n) is 2.27. The number of hydrogen-bond donors (Lipinski definition) is 0. The molecule has 54 valence electrons. The van der Waals surface area contributed by atoms with E-state index < -0.39 is 11.3 Å². The molecule has 1 aliphatic heterocycles. The van der Waals surface area contributed by atoms with Crippen molar-refractivity contribution in [2.45, 2.75) is 19.9 Å². The molecule has 0 spiro atoms. The first-order valence-corrected chi connectivity index (χ1v) is 4.07. The number of hydrogen-bond acceptors (Lipinski definition) is 2. The van der Waals surface area contributed by atoms with Crippen LogP contribution >= 0.6 is 0 Å². The quantitative estimate of drug-likeness (QED) is 0.537. The third kappa shape index (κ3) is 1.50. The number of nitrogens with zero attached hydrogens (tertiary/aromatic N) is 1. The van der Waals surface area contributed by atoms with E-state index in [0.29, 0.717) is 12.6 Å². The van der Waals surface area contributed by atoms with Gasteiger partial charge in [0.15, 0.2) is 0 Å². The Morgan fingerprint density at radius 1 is 1.67 bits per heavy atom. The molecular formula is C5H11NO2S. The van der Waals surface area contributed by atoms with E-state index in [2.05, 4.69) is 0 Å². The van der Waals surface area contributed by atoms with Gasteiger partial charge in [-0.1, -0.05) is 0 Å². The fraction of sp³-hybridized carbons (Fsp3) is 1.00. The Bertz CT molecular complexity index is 126. The molecule has 4 heteroatoms. The second kappa shape index (κ2) is 2.77. The first kappa shape index (κ1) is 7.18. The summed E-state index contributed by atoms with van der Waals surface area (Å²) in [6.07, 6.45) is 0. The van der Waals surface area contributed by atoms with Crippen molar-refractivity contribution in [1.82, 2.24) is 4.31 Å². The minimum Gasteiger partial charge on any atom is -0.277 e. The minimum atomic E-state index is -1.16. The zero-order valence-corrected chi connectivity index (χ0v) is 6.48. The average Bonchev–Trinajstić information content (AvgIpc) is 2.13. The molecule has 0 N–H and O–H groups in total. The van der Waals surface area contributed by atoms with Crippen LogP contribution in [0.4, 0.5) is 0 Å². The molecule has 0 bridgehead atoms. The Morgan fingerprint density at radius 3 is 2.56 bits per heavy atom. The van der Waals surface area contributed by atoms with E-state index in [0.717, 1.165) is 6.54 Å². The Morgan fingerprint density at radius 2 is 2.33 bits per heavy atom. The zero-order valence-electron chi connectivity index (χ0n) is 5.66. The zero-order chi connectivity index (χ0) is 6.85. The summed E-state index contributed by atoms with van der Waals surface area (Å²) in [6, 6.07) is 0.327. The average molecular weight is 149 g/mol. The topological polar surface area (TPSA) is 29.5 Å². The highest BCUT2D eigenvalue weighted by Crippen LogP contribution is 2.09. The van der Waals surface area contributed by atoms with E-state index in [9.17, 15) is 4.21 Å². The highest BCUT2D eigenvalue weighted by molar-refractivity contribution is 7.77. The molecule has 0 aromatic heterocycles. The Balaban J connectivity index is 2.49. The molecule has 1 saturated heterocycles. The highest BCUT2D eigenvalue weighted by Gasteiger charge is 2.23. The molecule has 3 nitrogen and oxygen atoms in total. The molecule has 0 aliphatic carbocycles. The lowest BCUT2D eigenvalue weighted by Crippen LogP contribution is -2.28. The molecule has 0 aromatic carbocycles. The van der Waals surface area contributed by atoms with Gasteiger partial charge in [-0.2, -0.15) is 4.31 Å². The van der Waals surface area contributed by atoms with Crippen LogP contribution in [0.2, 0.25) is 0 Å². The molecular weight excluding hydrogens is 138 g/mol. The molecule has 1 atom stereocenters.